The van der Waals surface area contributed by atoms with Crippen molar-refractivity contribution >= 4 is 11.8 Å². The fraction of sp³-hybridized carbons (Fsp3) is 0.350. The average molecular weight is 337 g/mol. The number of hydrogen-bond acceptors (Lipinski definition) is 3. The van der Waals surface area contributed by atoms with Crippen LogP contribution < -0.4 is 0 Å². The monoisotopic (exact) mass is 337 g/mol. The Morgan fingerprint density at radius 3 is 2.60 bits per heavy atom. The number of pyridine rings is 1. The summed E-state index contributed by atoms with van der Waals surface area (Å²) in [6.07, 6.45) is 2.66. The summed E-state index contributed by atoms with van der Waals surface area (Å²) < 4.78 is 0. The summed E-state index contributed by atoms with van der Waals surface area (Å²) in [6.45, 7) is 1.59. The van der Waals surface area contributed by atoms with E-state index in [1.165, 1.54) is 0 Å². The molecule has 5 heteroatoms. The van der Waals surface area contributed by atoms with E-state index in [-0.39, 0.29) is 17.7 Å². The Hall–Kier alpha value is -2.69. The third-order valence-corrected chi connectivity index (χ3v) is 4.60. The standard InChI is InChI=1S/C20H23N3O2/c1-22-11-12-23(19(24)13-16-7-3-2-4-8-16)15-17(20(22)25)14-18-9-5-6-10-21-18/h2-10,17H,11-15H2,1H3/t17-/m1/s1. The van der Waals surface area contributed by atoms with Crippen LogP contribution in [-0.2, 0) is 22.4 Å². The normalized spacial score (nSPS) is 18.1. The second-order valence-electron chi connectivity index (χ2n) is 6.48. The molecule has 0 spiro atoms. The van der Waals surface area contributed by atoms with Gasteiger partial charge in [-0.15, -0.1) is 0 Å². The summed E-state index contributed by atoms with van der Waals surface area (Å²) in [5.41, 5.74) is 1.88. The third-order valence-electron chi connectivity index (χ3n) is 4.60. The van der Waals surface area contributed by atoms with Crippen molar-refractivity contribution in [2.75, 3.05) is 26.7 Å². The van der Waals surface area contributed by atoms with Gasteiger partial charge in [0.05, 0.1) is 12.3 Å². The predicted molar refractivity (Wildman–Crippen MR) is 95.8 cm³/mol. The first kappa shape index (κ1) is 17.1. The van der Waals surface area contributed by atoms with Gasteiger partial charge in [0, 0.05) is 45.0 Å². The fourth-order valence-corrected chi connectivity index (χ4v) is 3.16. The molecule has 1 atom stereocenters. The van der Waals surface area contributed by atoms with Crippen LogP contribution in [0.15, 0.2) is 54.7 Å². The van der Waals surface area contributed by atoms with E-state index in [1.807, 2.05) is 53.4 Å². The van der Waals surface area contributed by atoms with Gasteiger partial charge in [0.25, 0.3) is 0 Å². The molecule has 0 radical (unpaired) electrons. The van der Waals surface area contributed by atoms with Gasteiger partial charge in [0.15, 0.2) is 0 Å². The van der Waals surface area contributed by atoms with Gasteiger partial charge in [-0.3, -0.25) is 14.6 Å². The lowest BCUT2D eigenvalue weighted by molar-refractivity contribution is -0.133. The number of likely N-dealkylation sites (N-methyl/N-ethyl adjacent to an activating group) is 1. The summed E-state index contributed by atoms with van der Waals surface area (Å²) in [5.74, 6) is -0.0943. The summed E-state index contributed by atoms with van der Waals surface area (Å²) >= 11 is 0. The van der Waals surface area contributed by atoms with Crippen molar-refractivity contribution in [3.8, 4) is 0 Å². The molecule has 1 aliphatic heterocycles. The Balaban J connectivity index is 1.72. The van der Waals surface area contributed by atoms with Crippen LogP contribution in [0, 0.1) is 5.92 Å². The van der Waals surface area contributed by atoms with E-state index in [9.17, 15) is 9.59 Å². The number of aromatic nitrogens is 1. The lowest BCUT2D eigenvalue weighted by Crippen LogP contribution is -2.38. The van der Waals surface area contributed by atoms with Gasteiger partial charge in [0.2, 0.25) is 11.8 Å². The number of hydrogen-bond donors (Lipinski definition) is 0. The van der Waals surface area contributed by atoms with Crippen molar-refractivity contribution in [2.45, 2.75) is 12.8 Å². The van der Waals surface area contributed by atoms with Gasteiger partial charge < -0.3 is 9.80 Å². The Bertz CT molecular complexity index is 718. The molecule has 2 amide bonds. The molecule has 1 aliphatic rings. The number of carbonyl (C=O) groups is 2. The summed E-state index contributed by atoms with van der Waals surface area (Å²) in [5, 5.41) is 0. The van der Waals surface area contributed by atoms with Gasteiger partial charge in [0.1, 0.15) is 0 Å². The minimum absolute atomic E-state index is 0.0697. The molecule has 0 saturated carbocycles. The van der Waals surface area contributed by atoms with Gasteiger partial charge in [-0.2, -0.15) is 0 Å². The summed E-state index contributed by atoms with van der Waals surface area (Å²) in [6, 6.07) is 15.4. The SMILES string of the molecule is CN1CCN(C(=O)Cc2ccccc2)C[C@@H](Cc2ccccn2)C1=O. The minimum Gasteiger partial charge on any atom is -0.344 e. The van der Waals surface area contributed by atoms with Crippen LogP contribution in [0.25, 0.3) is 0 Å². The molecule has 25 heavy (non-hydrogen) atoms. The molecule has 5 nitrogen and oxygen atoms in total. The molecule has 0 N–H and O–H groups in total. The number of carbonyl (C=O) groups excluding carboxylic acids is 2. The highest BCUT2D eigenvalue weighted by Crippen LogP contribution is 2.16. The number of amides is 2. The van der Waals surface area contributed by atoms with E-state index in [2.05, 4.69) is 4.98 Å². The molecule has 0 unspecified atom stereocenters. The lowest BCUT2D eigenvalue weighted by atomic mass is 10.0. The van der Waals surface area contributed by atoms with E-state index in [4.69, 9.17) is 0 Å². The van der Waals surface area contributed by atoms with Crippen molar-refractivity contribution < 1.29 is 9.59 Å². The van der Waals surface area contributed by atoms with Crippen LogP contribution in [-0.4, -0.2) is 53.3 Å². The van der Waals surface area contributed by atoms with Gasteiger partial charge in [-0.05, 0) is 17.7 Å². The van der Waals surface area contributed by atoms with E-state index >= 15 is 0 Å². The first-order valence-electron chi connectivity index (χ1n) is 8.60. The topological polar surface area (TPSA) is 53.5 Å². The number of rotatable bonds is 4. The minimum atomic E-state index is -0.248. The van der Waals surface area contributed by atoms with Crippen molar-refractivity contribution in [3.05, 3.63) is 66.0 Å². The molecular formula is C20H23N3O2. The zero-order valence-corrected chi connectivity index (χ0v) is 14.5. The second-order valence-corrected chi connectivity index (χ2v) is 6.48. The molecular weight excluding hydrogens is 314 g/mol. The number of nitrogens with zero attached hydrogens (tertiary/aromatic N) is 3. The maximum absolute atomic E-state index is 12.7. The molecule has 1 aromatic heterocycles. The van der Waals surface area contributed by atoms with Crippen molar-refractivity contribution in [3.63, 3.8) is 0 Å². The van der Waals surface area contributed by atoms with Gasteiger partial charge >= 0.3 is 0 Å². The summed E-state index contributed by atoms with van der Waals surface area (Å²) in [4.78, 5) is 33.2. The molecule has 0 aliphatic carbocycles. The van der Waals surface area contributed by atoms with Crippen LogP contribution in [0.5, 0.6) is 0 Å². The molecule has 0 bridgehead atoms. The smallest absolute Gasteiger partial charge is 0.227 e. The molecule has 1 fully saturated rings. The van der Waals surface area contributed by atoms with Gasteiger partial charge in [-0.25, -0.2) is 0 Å². The van der Waals surface area contributed by atoms with Crippen molar-refractivity contribution in [2.24, 2.45) is 5.92 Å². The van der Waals surface area contributed by atoms with Crippen LogP contribution in [0.1, 0.15) is 11.3 Å². The quantitative estimate of drug-likeness (QED) is 0.855. The maximum atomic E-state index is 12.7. The van der Waals surface area contributed by atoms with E-state index in [0.717, 1.165) is 11.3 Å². The lowest BCUT2D eigenvalue weighted by Gasteiger charge is -2.23. The van der Waals surface area contributed by atoms with Crippen LogP contribution in [0.2, 0.25) is 0 Å². The molecule has 1 aromatic carbocycles. The Morgan fingerprint density at radius 1 is 1.12 bits per heavy atom. The first-order valence-corrected chi connectivity index (χ1v) is 8.60. The zero-order chi connectivity index (χ0) is 17.6. The van der Waals surface area contributed by atoms with Crippen molar-refractivity contribution in [1.82, 2.24) is 14.8 Å². The van der Waals surface area contributed by atoms with E-state index < -0.39 is 0 Å². The average Bonchev–Trinajstić information content (AvgIpc) is 2.77. The molecule has 3 rings (SSSR count). The second kappa shape index (κ2) is 7.92. The molecule has 2 heterocycles. The largest absolute Gasteiger partial charge is 0.344 e. The van der Waals surface area contributed by atoms with Crippen molar-refractivity contribution in [1.29, 1.82) is 0 Å². The predicted octanol–water partition coefficient (Wildman–Crippen LogP) is 1.78. The third kappa shape index (κ3) is 4.44. The Kier molecular flexibility index (Phi) is 5.43. The highest BCUT2D eigenvalue weighted by molar-refractivity contribution is 5.83. The van der Waals surface area contributed by atoms with Crippen LogP contribution >= 0.6 is 0 Å². The highest BCUT2D eigenvalue weighted by Gasteiger charge is 2.30. The van der Waals surface area contributed by atoms with E-state index in [0.29, 0.717) is 32.5 Å². The van der Waals surface area contributed by atoms with E-state index in [1.54, 1.807) is 18.1 Å². The first-order chi connectivity index (χ1) is 12.1. The molecule has 130 valence electrons. The summed E-state index contributed by atoms with van der Waals surface area (Å²) in [7, 11) is 1.80. The highest BCUT2D eigenvalue weighted by atomic mass is 16.2. The van der Waals surface area contributed by atoms with Crippen LogP contribution in [0.4, 0.5) is 0 Å². The molecule has 1 saturated heterocycles. The maximum Gasteiger partial charge on any atom is 0.227 e. The Labute approximate surface area is 148 Å². The molecule has 2 aromatic rings. The zero-order valence-electron chi connectivity index (χ0n) is 14.5. The fourth-order valence-electron chi connectivity index (χ4n) is 3.16. The Morgan fingerprint density at radius 2 is 1.88 bits per heavy atom. The number of benzene rings is 1. The van der Waals surface area contributed by atoms with Crippen LogP contribution in [0.3, 0.4) is 0 Å². The van der Waals surface area contributed by atoms with Gasteiger partial charge in [-0.1, -0.05) is 36.4 Å².